The summed E-state index contributed by atoms with van der Waals surface area (Å²) >= 11 is 0. The molecule has 0 aromatic carbocycles. The second kappa shape index (κ2) is 46.6. The van der Waals surface area contributed by atoms with Crippen molar-refractivity contribution in [1.82, 2.24) is 0 Å². The number of carbonyl (C=O) groups excluding carboxylic acids is 3. The Balaban J connectivity index is 4.85. The maximum Gasteiger partial charge on any atom is 0.210 e. The molecule has 0 radical (unpaired) electrons. The van der Waals surface area contributed by atoms with E-state index in [-0.39, 0.29) is 31.5 Å². The SMILES string of the molecule is CCCCCC[C@@H](O)C/C=C\CCCCCCCC(=O)C(O)C(O)C(O)(C(=O)CCCCCCC/C=C\C[C@H](O)CCCCCC)C(=O)CCCCCCCCCCCCCCCCC(O)O. The van der Waals surface area contributed by atoms with Crippen LogP contribution in [0.3, 0.4) is 0 Å². The molecule has 0 spiro atoms. The largest absolute Gasteiger partial charge is 0.393 e. The van der Waals surface area contributed by atoms with Gasteiger partial charge in [-0.3, -0.25) is 14.4 Å². The van der Waals surface area contributed by atoms with Gasteiger partial charge in [-0.15, -0.1) is 0 Å². The normalized spacial score (nSPS) is 14.8. The van der Waals surface area contributed by atoms with Crippen molar-refractivity contribution in [2.75, 3.05) is 0 Å². The second-order valence-corrected chi connectivity index (χ2v) is 20.0. The number of carbonyl (C=O) groups is 3. The molecule has 10 heteroatoms. The van der Waals surface area contributed by atoms with Crippen molar-refractivity contribution >= 4 is 17.3 Å². The van der Waals surface area contributed by atoms with Gasteiger partial charge in [-0.1, -0.05) is 205 Å². The fourth-order valence-electron chi connectivity index (χ4n) is 8.91. The molecule has 394 valence electrons. The van der Waals surface area contributed by atoms with Crippen LogP contribution in [0.1, 0.15) is 284 Å². The zero-order valence-electron chi connectivity index (χ0n) is 43.2. The molecule has 0 saturated carbocycles. The van der Waals surface area contributed by atoms with Crippen molar-refractivity contribution in [2.24, 2.45) is 0 Å². The van der Waals surface area contributed by atoms with E-state index in [4.69, 9.17) is 10.2 Å². The predicted molar refractivity (Wildman–Crippen MR) is 276 cm³/mol. The van der Waals surface area contributed by atoms with Crippen molar-refractivity contribution in [3.05, 3.63) is 24.3 Å². The van der Waals surface area contributed by atoms with Gasteiger partial charge >= 0.3 is 0 Å². The Kier molecular flexibility index (Phi) is 45.3. The second-order valence-electron chi connectivity index (χ2n) is 20.0. The van der Waals surface area contributed by atoms with Gasteiger partial charge in [-0.05, 0) is 83.5 Å². The van der Waals surface area contributed by atoms with Crippen LogP contribution in [-0.4, -0.2) is 89.4 Å². The molecule has 0 aliphatic rings. The number of ketones is 3. The summed E-state index contributed by atoms with van der Waals surface area (Å²) in [7, 11) is 0. The number of hydrogen-bond donors (Lipinski definition) is 7. The first-order valence-electron chi connectivity index (χ1n) is 28.1. The summed E-state index contributed by atoms with van der Waals surface area (Å²) in [5.41, 5.74) is -2.83. The highest BCUT2D eigenvalue weighted by atomic mass is 16.5. The van der Waals surface area contributed by atoms with Gasteiger partial charge in [0, 0.05) is 19.3 Å². The Bertz CT molecular complexity index is 1200. The molecule has 0 aliphatic carbocycles. The average molecular weight is 951 g/mol. The van der Waals surface area contributed by atoms with E-state index >= 15 is 0 Å². The van der Waals surface area contributed by atoms with Gasteiger partial charge in [0.25, 0.3) is 0 Å². The minimum absolute atomic E-state index is 0.0138. The number of hydrogen-bond acceptors (Lipinski definition) is 10. The third-order valence-corrected chi connectivity index (χ3v) is 13.5. The number of rotatable bonds is 52. The smallest absolute Gasteiger partial charge is 0.210 e. The first kappa shape index (κ1) is 65.2. The average Bonchev–Trinajstić information content (AvgIpc) is 3.31. The lowest BCUT2D eigenvalue weighted by Crippen LogP contribution is -2.61. The Morgan fingerprint density at radius 1 is 0.388 bits per heavy atom. The van der Waals surface area contributed by atoms with Crippen LogP contribution in [0.4, 0.5) is 0 Å². The van der Waals surface area contributed by atoms with E-state index < -0.39 is 41.4 Å². The van der Waals surface area contributed by atoms with Crippen LogP contribution in [-0.2, 0) is 14.4 Å². The fourth-order valence-corrected chi connectivity index (χ4v) is 8.91. The molecule has 0 aliphatic heterocycles. The molecule has 67 heavy (non-hydrogen) atoms. The van der Waals surface area contributed by atoms with E-state index in [9.17, 15) is 39.9 Å². The van der Waals surface area contributed by atoms with E-state index in [1.807, 2.05) is 0 Å². The summed E-state index contributed by atoms with van der Waals surface area (Å²) in [6.07, 6.45) is 39.3. The quantitative estimate of drug-likeness (QED) is 0.0134. The molecule has 0 aromatic heterocycles. The minimum Gasteiger partial charge on any atom is -0.393 e. The standard InChI is InChI=1S/C57H106O10/c1-3-5-7-33-41-49(58)43-35-27-21-17-19-23-29-37-45-51(60)55(65)56(66)57(67,53(62)47-39-31-25-20-18-22-28-36-44-50(59)42-34-8-6-4-2)52(61)46-38-30-24-15-13-11-9-10-12-14-16-26-32-40-48-54(63)64/h27-28,35-36,49-50,54-56,58-59,63-67H,3-26,29-34,37-48H2,1-2H3/b35-27-,36-28-/t49-,50-,55?,56?,57?/m1/s1. The number of aliphatic hydroxyl groups excluding tert-OH is 5. The van der Waals surface area contributed by atoms with Crippen molar-refractivity contribution in [2.45, 2.75) is 320 Å². The highest BCUT2D eigenvalue weighted by Crippen LogP contribution is 2.26. The Hall–Kier alpha value is -1.79. The van der Waals surface area contributed by atoms with Crippen LogP contribution in [0.25, 0.3) is 0 Å². The van der Waals surface area contributed by atoms with Gasteiger partial charge in [0.05, 0.1) is 12.2 Å². The Labute approximate surface area is 410 Å². The van der Waals surface area contributed by atoms with Crippen LogP contribution < -0.4 is 0 Å². The lowest BCUT2D eigenvalue weighted by atomic mass is 9.79. The summed E-state index contributed by atoms with van der Waals surface area (Å²) in [4.78, 5) is 40.3. The van der Waals surface area contributed by atoms with Gasteiger partial charge < -0.3 is 35.7 Å². The molecule has 0 amide bonds. The lowest BCUT2D eigenvalue weighted by Gasteiger charge is -2.32. The van der Waals surface area contributed by atoms with Crippen molar-refractivity contribution in [3.63, 3.8) is 0 Å². The van der Waals surface area contributed by atoms with Gasteiger partial charge in [-0.2, -0.15) is 0 Å². The summed E-state index contributed by atoms with van der Waals surface area (Å²) in [6, 6.07) is 0. The van der Waals surface area contributed by atoms with Gasteiger partial charge in [0.1, 0.15) is 12.2 Å². The molecule has 0 aromatic rings. The van der Waals surface area contributed by atoms with E-state index in [0.717, 1.165) is 135 Å². The number of Topliss-reactive ketones (excluding diaryl/α,β-unsaturated/α-hetero) is 3. The van der Waals surface area contributed by atoms with E-state index in [2.05, 4.69) is 38.2 Å². The molecular weight excluding hydrogens is 845 g/mol. The highest BCUT2D eigenvalue weighted by Gasteiger charge is 2.52. The van der Waals surface area contributed by atoms with Crippen LogP contribution >= 0.6 is 0 Å². The molecule has 0 fully saturated rings. The monoisotopic (exact) mass is 951 g/mol. The third-order valence-electron chi connectivity index (χ3n) is 13.5. The highest BCUT2D eigenvalue weighted by molar-refractivity contribution is 6.11. The number of unbranched alkanes of at least 4 members (excludes halogenated alkanes) is 29. The Morgan fingerprint density at radius 3 is 1.07 bits per heavy atom. The molecule has 0 rings (SSSR count). The number of aliphatic hydroxyl groups is 7. The molecule has 10 nitrogen and oxygen atoms in total. The van der Waals surface area contributed by atoms with Gasteiger partial charge in [0.2, 0.25) is 5.60 Å². The molecule has 5 atom stereocenters. The summed E-state index contributed by atoms with van der Waals surface area (Å²) < 4.78 is 0. The topological polar surface area (TPSA) is 193 Å². The molecule has 0 bridgehead atoms. The van der Waals surface area contributed by atoms with Crippen molar-refractivity contribution in [3.8, 4) is 0 Å². The first-order chi connectivity index (χ1) is 32.4. The van der Waals surface area contributed by atoms with Gasteiger partial charge in [0.15, 0.2) is 23.6 Å². The number of allylic oxidation sites excluding steroid dienone is 2. The van der Waals surface area contributed by atoms with Crippen molar-refractivity contribution in [1.29, 1.82) is 0 Å². The zero-order chi connectivity index (χ0) is 49.6. The van der Waals surface area contributed by atoms with E-state index in [1.54, 1.807) is 0 Å². The van der Waals surface area contributed by atoms with Crippen LogP contribution in [0.15, 0.2) is 24.3 Å². The summed E-state index contributed by atoms with van der Waals surface area (Å²) in [5.74, 6) is -2.32. The fraction of sp³-hybridized carbons (Fsp3) is 0.877. The van der Waals surface area contributed by atoms with Crippen LogP contribution in [0, 0.1) is 0 Å². The zero-order valence-corrected chi connectivity index (χ0v) is 43.2. The predicted octanol–water partition coefficient (Wildman–Crippen LogP) is 12.7. The third kappa shape index (κ3) is 37.7. The molecular formula is C57H106O10. The molecule has 0 heterocycles. The van der Waals surface area contributed by atoms with Gasteiger partial charge in [-0.25, -0.2) is 0 Å². The first-order valence-corrected chi connectivity index (χ1v) is 28.1. The maximum absolute atomic E-state index is 13.6. The molecule has 7 N–H and O–H groups in total. The molecule has 0 saturated heterocycles. The van der Waals surface area contributed by atoms with E-state index in [0.29, 0.717) is 44.9 Å². The van der Waals surface area contributed by atoms with Crippen LogP contribution in [0.2, 0.25) is 0 Å². The van der Waals surface area contributed by atoms with E-state index in [1.165, 1.54) is 70.6 Å². The van der Waals surface area contributed by atoms with Crippen LogP contribution in [0.5, 0.6) is 0 Å². The maximum atomic E-state index is 13.6. The summed E-state index contributed by atoms with van der Waals surface area (Å²) in [6.45, 7) is 4.36. The summed E-state index contributed by atoms with van der Waals surface area (Å²) in [5, 5.41) is 72.1. The Morgan fingerprint density at radius 2 is 0.701 bits per heavy atom. The molecule has 3 unspecified atom stereocenters. The van der Waals surface area contributed by atoms with Crippen molar-refractivity contribution < 1.29 is 50.1 Å². The minimum atomic E-state index is -2.83. The lowest BCUT2D eigenvalue weighted by molar-refractivity contribution is -0.174.